The fourth-order valence-electron chi connectivity index (χ4n) is 0. The largest absolute Gasteiger partial charge is 0.352 e. The molecule has 0 aliphatic rings. The second kappa shape index (κ2) is 20.0. The van der Waals surface area contributed by atoms with Gasteiger partial charge in [0, 0.05) is 8.41 Å². The van der Waals surface area contributed by atoms with Gasteiger partial charge in [-0.3, -0.25) is 0 Å². The minimum Gasteiger partial charge on any atom is -0.352 e. The standard InChI is InChI=1S/CH4N2O.CH2O.B/c2-1(3)4;1-2;/h(H4,2,3,4);1H2;. The van der Waals surface area contributed by atoms with E-state index in [0.717, 1.165) is 0 Å². The molecule has 0 spiro atoms. The first-order valence-electron chi connectivity index (χ1n) is 1.07. The number of carbonyl (C=O) groups is 2. The minimum absolute atomic E-state index is 0. The van der Waals surface area contributed by atoms with Crippen LogP contribution in [0.5, 0.6) is 0 Å². The Hall–Kier alpha value is -0.995. The van der Waals surface area contributed by atoms with E-state index in [0.29, 0.717) is 0 Å². The van der Waals surface area contributed by atoms with Gasteiger partial charge in [0.05, 0.1) is 0 Å². The zero-order valence-electron chi connectivity index (χ0n) is 3.76. The predicted molar refractivity (Wildman–Crippen MR) is 26.6 cm³/mol. The molecule has 0 aliphatic heterocycles. The molecule has 0 atom stereocenters. The van der Waals surface area contributed by atoms with Crippen molar-refractivity contribution in [1.82, 2.24) is 0 Å². The highest BCUT2D eigenvalue weighted by Gasteiger charge is 1.60. The summed E-state index contributed by atoms with van der Waals surface area (Å²) in [6.07, 6.45) is 0. The fraction of sp³-hybridized carbons (Fsp3) is 0. The number of urea groups is 1. The molecule has 0 saturated carbocycles. The normalized spacial score (nSPS) is 4.00. The number of nitrogens with two attached hydrogens (primary N) is 2. The Labute approximate surface area is 43.4 Å². The van der Waals surface area contributed by atoms with Gasteiger partial charge in [-0.25, -0.2) is 4.79 Å². The average molecular weight is 101 g/mol. The summed E-state index contributed by atoms with van der Waals surface area (Å²) in [6.45, 7) is 2.00. The van der Waals surface area contributed by atoms with Crippen LogP contribution >= 0.6 is 0 Å². The van der Waals surface area contributed by atoms with Crippen molar-refractivity contribution in [3.8, 4) is 0 Å². The molecule has 4 nitrogen and oxygen atoms in total. The van der Waals surface area contributed by atoms with Crippen LogP contribution in [0.15, 0.2) is 0 Å². The topological polar surface area (TPSA) is 86.2 Å². The van der Waals surface area contributed by atoms with Crippen LogP contribution in [0.1, 0.15) is 0 Å². The van der Waals surface area contributed by atoms with Crippen molar-refractivity contribution in [2.24, 2.45) is 11.5 Å². The molecule has 0 aliphatic carbocycles. The first-order chi connectivity index (χ1) is 2.73. The summed E-state index contributed by atoms with van der Waals surface area (Å²) in [4.78, 5) is 17.0. The average Bonchev–Trinajstić information content (AvgIpc) is 1.41. The van der Waals surface area contributed by atoms with Gasteiger partial charge in [-0.2, -0.15) is 0 Å². The van der Waals surface area contributed by atoms with E-state index in [4.69, 9.17) is 9.59 Å². The van der Waals surface area contributed by atoms with Gasteiger partial charge in [-0.1, -0.05) is 0 Å². The Morgan fingerprint density at radius 2 is 1.29 bits per heavy atom. The van der Waals surface area contributed by atoms with Crippen molar-refractivity contribution in [2.75, 3.05) is 0 Å². The third-order valence-corrected chi connectivity index (χ3v) is 0. The SMILES string of the molecule is C=O.NC(N)=O.[B]. The van der Waals surface area contributed by atoms with Crippen molar-refractivity contribution in [1.29, 1.82) is 0 Å². The van der Waals surface area contributed by atoms with Gasteiger partial charge in [0.2, 0.25) is 0 Å². The molecule has 7 heavy (non-hydrogen) atoms. The molecule has 0 rings (SSSR count). The van der Waals surface area contributed by atoms with Gasteiger partial charge >= 0.3 is 6.03 Å². The quantitative estimate of drug-likeness (QED) is 0.362. The molecule has 0 bridgehead atoms. The van der Waals surface area contributed by atoms with Crippen molar-refractivity contribution >= 4 is 21.2 Å². The maximum Gasteiger partial charge on any atom is 0.309 e. The molecule has 39 valence electrons. The van der Waals surface area contributed by atoms with E-state index in [1.807, 2.05) is 6.79 Å². The highest BCUT2D eigenvalue weighted by atomic mass is 16.2. The summed E-state index contributed by atoms with van der Waals surface area (Å²) in [5.41, 5.74) is 8.50. The number of hydrogen-bond donors (Lipinski definition) is 2. The lowest BCUT2D eigenvalue weighted by molar-refractivity contribution is -0.0979. The van der Waals surface area contributed by atoms with Crippen molar-refractivity contribution < 1.29 is 9.59 Å². The van der Waals surface area contributed by atoms with E-state index in [2.05, 4.69) is 11.5 Å². The van der Waals surface area contributed by atoms with Crippen LogP contribution in [0.2, 0.25) is 0 Å². The van der Waals surface area contributed by atoms with E-state index in [1.54, 1.807) is 0 Å². The van der Waals surface area contributed by atoms with Crippen molar-refractivity contribution in [2.45, 2.75) is 0 Å². The lowest BCUT2D eigenvalue weighted by Crippen LogP contribution is -2.18. The van der Waals surface area contributed by atoms with Crippen LogP contribution in [0.3, 0.4) is 0 Å². The summed E-state index contributed by atoms with van der Waals surface area (Å²) in [6, 6.07) is -0.833. The van der Waals surface area contributed by atoms with Crippen LogP contribution < -0.4 is 11.5 Å². The summed E-state index contributed by atoms with van der Waals surface area (Å²) in [5.74, 6) is 0. The van der Waals surface area contributed by atoms with E-state index in [9.17, 15) is 0 Å². The summed E-state index contributed by atoms with van der Waals surface area (Å²) in [7, 11) is 0. The lowest BCUT2D eigenvalue weighted by atomic mass is 10.8. The highest BCUT2D eigenvalue weighted by Crippen LogP contribution is 1.25. The molecule has 0 aromatic rings. The van der Waals surface area contributed by atoms with Crippen molar-refractivity contribution in [3.05, 3.63) is 0 Å². The molecule has 0 saturated heterocycles. The van der Waals surface area contributed by atoms with Crippen LogP contribution in [-0.4, -0.2) is 21.2 Å². The Morgan fingerprint density at radius 1 is 1.29 bits per heavy atom. The van der Waals surface area contributed by atoms with Gasteiger partial charge in [0.1, 0.15) is 6.79 Å². The lowest BCUT2D eigenvalue weighted by Gasteiger charge is -1.62. The Morgan fingerprint density at radius 3 is 1.29 bits per heavy atom. The Bertz CT molecular complexity index is 45.0. The van der Waals surface area contributed by atoms with Crippen molar-refractivity contribution in [3.63, 3.8) is 0 Å². The van der Waals surface area contributed by atoms with Gasteiger partial charge in [-0.15, -0.1) is 0 Å². The van der Waals surface area contributed by atoms with Gasteiger partial charge in [0.15, 0.2) is 0 Å². The van der Waals surface area contributed by atoms with Gasteiger partial charge < -0.3 is 16.3 Å². The third-order valence-electron chi connectivity index (χ3n) is 0. The number of rotatable bonds is 0. The second-order valence-electron chi connectivity index (χ2n) is 0.402. The molecule has 3 radical (unpaired) electrons. The molecule has 0 unspecified atom stereocenters. The molecule has 2 amide bonds. The first kappa shape index (κ1) is 16.7. The summed E-state index contributed by atoms with van der Waals surface area (Å²) >= 11 is 0. The number of hydrogen-bond acceptors (Lipinski definition) is 2. The van der Waals surface area contributed by atoms with Crippen LogP contribution in [-0.2, 0) is 4.79 Å². The van der Waals surface area contributed by atoms with E-state index in [1.165, 1.54) is 0 Å². The molecule has 5 heteroatoms. The summed E-state index contributed by atoms with van der Waals surface area (Å²) in [5, 5.41) is 0. The molecule has 4 N–H and O–H groups in total. The molecule has 0 fully saturated rings. The molecular formula is C2H6BN2O2. The zero-order valence-corrected chi connectivity index (χ0v) is 3.76. The van der Waals surface area contributed by atoms with Crippen LogP contribution in [0, 0.1) is 0 Å². The van der Waals surface area contributed by atoms with Gasteiger partial charge in [-0.05, 0) is 0 Å². The van der Waals surface area contributed by atoms with E-state index < -0.39 is 6.03 Å². The van der Waals surface area contributed by atoms with Crippen LogP contribution in [0.4, 0.5) is 4.79 Å². The minimum atomic E-state index is -0.833. The number of amides is 2. The van der Waals surface area contributed by atoms with Gasteiger partial charge in [0.25, 0.3) is 0 Å². The molecule has 0 aromatic heterocycles. The van der Waals surface area contributed by atoms with Crippen LogP contribution in [0.25, 0.3) is 0 Å². The maximum atomic E-state index is 9.00. The monoisotopic (exact) mass is 101 g/mol. The Kier molecular flexibility index (Phi) is 47.5. The highest BCUT2D eigenvalue weighted by molar-refractivity contribution is 5.75. The number of carbonyl (C=O) groups excluding carboxylic acids is 2. The smallest absolute Gasteiger partial charge is 0.309 e. The maximum absolute atomic E-state index is 9.00. The predicted octanol–water partition coefficient (Wildman–Crippen LogP) is -1.54. The Balaban J connectivity index is -0.0000000480. The zero-order chi connectivity index (χ0) is 5.58. The number of primary amides is 2. The third kappa shape index (κ3) is 45.6. The van der Waals surface area contributed by atoms with E-state index in [-0.39, 0.29) is 8.41 Å². The van der Waals surface area contributed by atoms with E-state index >= 15 is 0 Å². The fourth-order valence-corrected chi connectivity index (χ4v) is 0. The first-order valence-corrected chi connectivity index (χ1v) is 1.07. The molecule has 0 heterocycles. The molecule has 0 aromatic carbocycles. The second-order valence-corrected chi connectivity index (χ2v) is 0.402. The molecular weight excluding hydrogens is 94.8 g/mol. The summed E-state index contributed by atoms with van der Waals surface area (Å²) < 4.78 is 0.